The second kappa shape index (κ2) is 15.6. The molecule has 0 heterocycles. The third kappa shape index (κ3) is 10.7. The molecule has 1 rings (SSSR count). The Kier molecular flexibility index (Phi) is 13.6. The Hall–Kier alpha value is -2.64. The number of carbonyl (C=O) groups excluding carboxylic acids is 2. The normalized spacial score (nSPS) is 13.6. The SMILES string of the molecule is C#CC[C@H](C)OC(=O)c1c(/C=C/CC[C@@H](C=O)O[Si](C)(C)C(C)(C)C)cc(OCOC)cc1OCOC. The zero-order valence-corrected chi connectivity index (χ0v) is 24.4. The molecule has 0 amide bonds. The molecule has 2 atom stereocenters. The molecule has 9 heteroatoms. The summed E-state index contributed by atoms with van der Waals surface area (Å²) >= 11 is 0. The fourth-order valence-electron chi connectivity index (χ4n) is 3.04. The van der Waals surface area contributed by atoms with Gasteiger partial charge in [-0.15, -0.1) is 12.3 Å². The van der Waals surface area contributed by atoms with Crippen LogP contribution in [0.3, 0.4) is 0 Å². The van der Waals surface area contributed by atoms with Gasteiger partial charge in [0.2, 0.25) is 0 Å². The molecule has 1 aromatic carbocycles. The first kappa shape index (κ1) is 32.4. The molecular weight excluding hydrogens is 492 g/mol. The van der Waals surface area contributed by atoms with Crippen molar-refractivity contribution in [2.75, 3.05) is 27.8 Å². The molecule has 0 saturated carbocycles. The lowest BCUT2D eigenvalue weighted by Crippen LogP contribution is -2.44. The van der Waals surface area contributed by atoms with E-state index in [9.17, 15) is 9.59 Å². The maximum Gasteiger partial charge on any atom is 0.342 e. The number of rotatable bonds is 16. The van der Waals surface area contributed by atoms with E-state index in [0.29, 0.717) is 24.2 Å². The zero-order valence-electron chi connectivity index (χ0n) is 23.4. The largest absolute Gasteiger partial charge is 0.467 e. The van der Waals surface area contributed by atoms with Crippen LogP contribution in [0.1, 0.15) is 62.9 Å². The van der Waals surface area contributed by atoms with Gasteiger partial charge in [0, 0.05) is 26.7 Å². The molecule has 0 unspecified atom stereocenters. The number of terminal acetylenes is 1. The lowest BCUT2D eigenvalue weighted by atomic mass is 10.0. The third-order valence-electron chi connectivity index (χ3n) is 6.02. The first-order chi connectivity index (χ1) is 17.4. The number of carbonyl (C=O) groups is 2. The fourth-order valence-corrected chi connectivity index (χ4v) is 4.32. The van der Waals surface area contributed by atoms with Gasteiger partial charge in [-0.2, -0.15) is 0 Å². The molecule has 0 radical (unpaired) electrons. The predicted octanol–water partition coefficient (Wildman–Crippen LogP) is 5.60. The van der Waals surface area contributed by atoms with E-state index < -0.39 is 26.5 Å². The number of hydrogen-bond acceptors (Lipinski definition) is 8. The van der Waals surface area contributed by atoms with Crippen molar-refractivity contribution in [1.29, 1.82) is 0 Å². The summed E-state index contributed by atoms with van der Waals surface area (Å²) in [6.07, 6.45) is 10.2. The summed E-state index contributed by atoms with van der Waals surface area (Å²) in [6, 6.07) is 3.27. The van der Waals surface area contributed by atoms with E-state index in [1.807, 2.05) is 6.08 Å². The summed E-state index contributed by atoms with van der Waals surface area (Å²) in [7, 11) is 0.904. The van der Waals surface area contributed by atoms with Crippen LogP contribution in [0.15, 0.2) is 18.2 Å². The Morgan fingerprint density at radius 3 is 2.35 bits per heavy atom. The number of hydrogen-bond donors (Lipinski definition) is 0. The molecule has 37 heavy (non-hydrogen) atoms. The quantitative estimate of drug-likeness (QED) is 0.0890. The Morgan fingerprint density at radius 1 is 1.14 bits per heavy atom. The van der Waals surface area contributed by atoms with Crippen LogP contribution in [0, 0.1) is 12.3 Å². The Bertz CT molecular complexity index is 943. The molecule has 0 aliphatic carbocycles. The maximum absolute atomic E-state index is 13.1. The Balaban J connectivity index is 3.25. The molecule has 206 valence electrons. The first-order valence-corrected chi connectivity index (χ1v) is 15.2. The smallest absolute Gasteiger partial charge is 0.342 e. The molecule has 0 bridgehead atoms. The van der Waals surface area contributed by atoms with Crippen LogP contribution in [0.4, 0.5) is 0 Å². The van der Waals surface area contributed by atoms with E-state index in [1.165, 1.54) is 14.2 Å². The van der Waals surface area contributed by atoms with Crippen molar-refractivity contribution in [2.24, 2.45) is 0 Å². The highest BCUT2D eigenvalue weighted by molar-refractivity contribution is 6.74. The topological polar surface area (TPSA) is 89.5 Å². The van der Waals surface area contributed by atoms with Crippen LogP contribution in [0.2, 0.25) is 18.1 Å². The first-order valence-electron chi connectivity index (χ1n) is 12.3. The lowest BCUT2D eigenvalue weighted by molar-refractivity contribution is -0.114. The van der Waals surface area contributed by atoms with E-state index in [1.54, 1.807) is 25.1 Å². The molecule has 8 nitrogen and oxygen atoms in total. The Labute approximate surface area is 222 Å². The van der Waals surface area contributed by atoms with Crippen molar-refractivity contribution in [2.45, 2.75) is 77.3 Å². The van der Waals surface area contributed by atoms with Crippen molar-refractivity contribution in [3.8, 4) is 23.8 Å². The minimum Gasteiger partial charge on any atom is -0.467 e. The van der Waals surface area contributed by atoms with Gasteiger partial charge in [-0.25, -0.2) is 4.79 Å². The van der Waals surface area contributed by atoms with Crippen molar-refractivity contribution >= 4 is 26.6 Å². The molecular formula is C28H42O8Si. The standard InChI is InChI=1S/C28H42O8Si/c1-10-13-21(2)35-27(30)26-22(16-24(33-19-31-6)17-25(26)34-20-32-7)14-11-12-15-23(18-29)36-37(8,9)28(3,4)5/h1,11,14,16-18,21,23H,12-13,15,19-20H2,2-9H3/b14-11+/t21-,23-/m0/s1. The Morgan fingerprint density at radius 2 is 1.78 bits per heavy atom. The van der Waals surface area contributed by atoms with Gasteiger partial charge in [0.1, 0.15) is 35.6 Å². The third-order valence-corrected chi connectivity index (χ3v) is 10.5. The van der Waals surface area contributed by atoms with Crippen LogP contribution in [0.25, 0.3) is 6.08 Å². The average molecular weight is 535 g/mol. The van der Waals surface area contributed by atoms with E-state index in [2.05, 4.69) is 39.8 Å². The number of benzene rings is 1. The van der Waals surface area contributed by atoms with Crippen molar-refractivity contribution in [1.82, 2.24) is 0 Å². The summed E-state index contributed by atoms with van der Waals surface area (Å²) in [5, 5.41) is -0.00281. The zero-order chi connectivity index (χ0) is 28.1. The van der Waals surface area contributed by atoms with Gasteiger partial charge < -0.3 is 32.9 Å². The molecule has 0 aromatic heterocycles. The van der Waals surface area contributed by atoms with Crippen molar-refractivity contribution < 1.29 is 37.7 Å². The highest BCUT2D eigenvalue weighted by Crippen LogP contribution is 2.37. The van der Waals surface area contributed by atoms with Gasteiger partial charge >= 0.3 is 5.97 Å². The lowest BCUT2D eigenvalue weighted by Gasteiger charge is -2.38. The van der Waals surface area contributed by atoms with Crippen molar-refractivity contribution in [3.63, 3.8) is 0 Å². The molecule has 0 spiro atoms. The monoisotopic (exact) mass is 534 g/mol. The van der Waals surface area contributed by atoms with Crippen LogP contribution in [0.5, 0.6) is 11.5 Å². The minimum absolute atomic E-state index is 0.00281. The van der Waals surface area contributed by atoms with Crippen LogP contribution < -0.4 is 9.47 Å². The summed E-state index contributed by atoms with van der Waals surface area (Å²) in [6.45, 7) is 12.3. The highest BCUT2D eigenvalue weighted by atomic mass is 28.4. The second-order valence-corrected chi connectivity index (χ2v) is 14.9. The average Bonchev–Trinajstić information content (AvgIpc) is 2.82. The number of esters is 1. The number of methoxy groups -OCH3 is 2. The van der Waals surface area contributed by atoms with E-state index in [4.69, 9.17) is 34.5 Å². The van der Waals surface area contributed by atoms with E-state index in [0.717, 1.165) is 6.29 Å². The summed E-state index contributed by atoms with van der Waals surface area (Å²) in [5.74, 6) is 2.58. The maximum atomic E-state index is 13.1. The number of ether oxygens (including phenoxy) is 5. The second-order valence-electron chi connectivity index (χ2n) is 10.1. The van der Waals surface area contributed by atoms with Crippen LogP contribution in [-0.2, 0) is 23.4 Å². The molecule has 0 aliphatic rings. The fraction of sp³-hybridized carbons (Fsp3) is 0.571. The minimum atomic E-state index is -2.09. The molecule has 0 saturated heterocycles. The van der Waals surface area contributed by atoms with Crippen molar-refractivity contribution in [3.05, 3.63) is 29.3 Å². The molecule has 0 aliphatic heterocycles. The van der Waals surface area contributed by atoms with Gasteiger partial charge in [0.15, 0.2) is 21.9 Å². The summed E-state index contributed by atoms with van der Waals surface area (Å²) in [5.41, 5.74) is 0.733. The summed E-state index contributed by atoms with van der Waals surface area (Å²) in [4.78, 5) is 24.8. The van der Waals surface area contributed by atoms with Gasteiger partial charge in [0.05, 0.1) is 0 Å². The van der Waals surface area contributed by atoms with Crippen LogP contribution >= 0.6 is 0 Å². The summed E-state index contributed by atoms with van der Waals surface area (Å²) < 4.78 is 33.1. The molecule has 1 aromatic rings. The van der Waals surface area contributed by atoms with Gasteiger partial charge in [-0.05, 0) is 49.5 Å². The molecule has 0 N–H and O–H groups in total. The van der Waals surface area contributed by atoms with E-state index in [-0.39, 0.29) is 36.4 Å². The van der Waals surface area contributed by atoms with E-state index >= 15 is 0 Å². The van der Waals surface area contributed by atoms with Crippen LogP contribution in [-0.4, -0.2) is 60.6 Å². The predicted molar refractivity (Wildman–Crippen MR) is 146 cm³/mol. The number of aldehydes is 1. The van der Waals surface area contributed by atoms with Gasteiger partial charge in [-0.1, -0.05) is 32.9 Å². The van der Waals surface area contributed by atoms with Gasteiger partial charge in [-0.3, -0.25) is 0 Å². The van der Waals surface area contributed by atoms with Gasteiger partial charge in [0.25, 0.3) is 0 Å². The number of allylic oxidation sites excluding steroid dienone is 1. The highest BCUT2D eigenvalue weighted by Gasteiger charge is 2.39. The molecule has 0 fully saturated rings.